The number of rotatable bonds is 5. The maximum Gasteiger partial charge on any atom is 0.206 e. The third-order valence-corrected chi connectivity index (χ3v) is 4.51. The Bertz CT molecular complexity index is 878. The minimum Gasteiger partial charge on any atom is -0.497 e. The lowest BCUT2D eigenvalue weighted by Gasteiger charge is -2.02. The third-order valence-electron chi connectivity index (χ3n) is 3.29. The van der Waals surface area contributed by atoms with Crippen LogP contribution in [0.1, 0.15) is 15.2 Å². The molecule has 0 spiro atoms. The predicted octanol–water partition coefficient (Wildman–Crippen LogP) is 4.36. The first kappa shape index (κ1) is 16.3. The standard InChI is InChI=1S/C17H14ClN3O2S/c1-23-13-7-5-10(6-8-13)14(22)15-16(19)21-17(24-15)20-12-4-2-3-11(18)9-12/h2-9H,19H2,1H3,(H,20,21). The molecule has 0 saturated heterocycles. The highest BCUT2D eigenvalue weighted by Gasteiger charge is 2.18. The Morgan fingerprint density at radius 2 is 2.00 bits per heavy atom. The van der Waals surface area contributed by atoms with Crippen LogP contribution in [0.3, 0.4) is 0 Å². The summed E-state index contributed by atoms with van der Waals surface area (Å²) in [7, 11) is 1.58. The van der Waals surface area contributed by atoms with Crippen LogP contribution in [-0.2, 0) is 0 Å². The zero-order valence-electron chi connectivity index (χ0n) is 12.7. The van der Waals surface area contributed by atoms with E-state index in [4.69, 9.17) is 22.1 Å². The lowest BCUT2D eigenvalue weighted by molar-refractivity contribution is 0.104. The second-order valence-electron chi connectivity index (χ2n) is 4.93. The topological polar surface area (TPSA) is 77.2 Å². The minimum atomic E-state index is -0.174. The van der Waals surface area contributed by atoms with Gasteiger partial charge in [-0.1, -0.05) is 29.0 Å². The minimum absolute atomic E-state index is 0.174. The fraction of sp³-hybridized carbons (Fsp3) is 0.0588. The summed E-state index contributed by atoms with van der Waals surface area (Å²) in [4.78, 5) is 17.2. The second kappa shape index (κ2) is 6.90. The van der Waals surface area contributed by atoms with E-state index < -0.39 is 0 Å². The molecule has 1 aromatic heterocycles. The van der Waals surface area contributed by atoms with Crippen LogP contribution < -0.4 is 15.8 Å². The molecule has 0 bridgehead atoms. The van der Waals surface area contributed by atoms with Crippen LogP contribution in [-0.4, -0.2) is 17.9 Å². The van der Waals surface area contributed by atoms with Gasteiger partial charge in [0.15, 0.2) is 5.13 Å². The molecule has 0 atom stereocenters. The fourth-order valence-corrected chi connectivity index (χ4v) is 3.17. The first-order chi connectivity index (χ1) is 11.6. The lowest BCUT2D eigenvalue weighted by Crippen LogP contribution is -2.02. The van der Waals surface area contributed by atoms with Gasteiger partial charge >= 0.3 is 0 Å². The average Bonchev–Trinajstić information content (AvgIpc) is 2.94. The van der Waals surface area contributed by atoms with Crippen molar-refractivity contribution in [2.75, 3.05) is 18.2 Å². The molecule has 0 amide bonds. The number of methoxy groups -OCH3 is 1. The van der Waals surface area contributed by atoms with Crippen LogP contribution in [0.15, 0.2) is 48.5 Å². The number of anilines is 3. The molecular formula is C17H14ClN3O2S. The Balaban J connectivity index is 1.83. The molecule has 122 valence electrons. The van der Waals surface area contributed by atoms with Crippen molar-refractivity contribution in [3.05, 3.63) is 64.0 Å². The van der Waals surface area contributed by atoms with Crippen LogP contribution in [0.5, 0.6) is 5.75 Å². The van der Waals surface area contributed by atoms with E-state index in [1.54, 1.807) is 43.5 Å². The Morgan fingerprint density at radius 1 is 1.25 bits per heavy atom. The highest BCUT2D eigenvalue weighted by molar-refractivity contribution is 7.18. The largest absolute Gasteiger partial charge is 0.497 e. The molecule has 3 N–H and O–H groups in total. The molecule has 0 aliphatic carbocycles. The molecule has 3 rings (SSSR count). The van der Waals surface area contributed by atoms with E-state index in [1.165, 1.54) is 11.3 Å². The Labute approximate surface area is 148 Å². The third kappa shape index (κ3) is 3.50. The first-order valence-electron chi connectivity index (χ1n) is 7.04. The maximum atomic E-state index is 12.6. The van der Waals surface area contributed by atoms with E-state index >= 15 is 0 Å². The van der Waals surface area contributed by atoms with Gasteiger partial charge in [-0.15, -0.1) is 0 Å². The van der Waals surface area contributed by atoms with Gasteiger partial charge in [-0.05, 0) is 42.5 Å². The number of nitrogens with one attached hydrogen (secondary N) is 1. The van der Waals surface area contributed by atoms with Crippen molar-refractivity contribution < 1.29 is 9.53 Å². The van der Waals surface area contributed by atoms with Gasteiger partial charge in [0.05, 0.1) is 7.11 Å². The maximum absolute atomic E-state index is 12.6. The average molecular weight is 360 g/mol. The van der Waals surface area contributed by atoms with Gasteiger partial charge in [-0.2, -0.15) is 0 Å². The SMILES string of the molecule is COc1ccc(C(=O)c2sc(Nc3cccc(Cl)c3)nc2N)cc1. The highest BCUT2D eigenvalue weighted by Crippen LogP contribution is 2.30. The fourth-order valence-electron chi connectivity index (χ4n) is 2.11. The first-order valence-corrected chi connectivity index (χ1v) is 8.24. The highest BCUT2D eigenvalue weighted by atomic mass is 35.5. The van der Waals surface area contributed by atoms with E-state index in [-0.39, 0.29) is 11.6 Å². The zero-order chi connectivity index (χ0) is 17.1. The summed E-state index contributed by atoms with van der Waals surface area (Å²) >= 11 is 7.16. The molecule has 0 unspecified atom stereocenters. The van der Waals surface area contributed by atoms with Crippen LogP contribution in [0, 0.1) is 0 Å². The predicted molar refractivity (Wildman–Crippen MR) is 97.7 cm³/mol. The Morgan fingerprint density at radius 3 is 2.67 bits per heavy atom. The smallest absolute Gasteiger partial charge is 0.206 e. The number of thiazole rings is 1. The Kier molecular flexibility index (Phi) is 4.69. The summed E-state index contributed by atoms with van der Waals surface area (Å²) in [6.07, 6.45) is 0. The number of nitrogens with two attached hydrogens (primary N) is 1. The molecule has 3 aromatic rings. The van der Waals surface area contributed by atoms with Gasteiger partial charge in [-0.25, -0.2) is 4.98 Å². The molecule has 0 aliphatic heterocycles. The van der Waals surface area contributed by atoms with Gasteiger partial charge in [0, 0.05) is 16.3 Å². The van der Waals surface area contributed by atoms with E-state index in [0.717, 1.165) is 5.69 Å². The van der Waals surface area contributed by atoms with E-state index in [1.807, 2.05) is 12.1 Å². The molecule has 7 heteroatoms. The number of hydrogen-bond acceptors (Lipinski definition) is 6. The van der Waals surface area contributed by atoms with Crippen LogP contribution in [0.4, 0.5) is 16.6 Å². The molecule has 5 nitrogen and oxygen atoms in total. The number of benzene rings is 2. The molecule has 24 heavy (non-hydrogen) atoms. The number of ketones is 1. The molecule has 2 aromatic carbocycles. The summed E-state index contributed by atoms with van der Waals surface area (Å²) in [6, 6.07) is 14.1. The number of ether oxygens (including phenoxy) is 1. The van der Waals surface area contributed by atoms with E-state index in [2.05, 4.69) is 10.3 Å². The van der Waals surface area contributed by atoms with Crippen molar-refractivity contribution in [2.45, 2.75) is 0 Å². The van der Waals surface area contributed by atoms with Crippen molar-refractivity contribution in [1.82, 2.24) is 4.98 Å². The van der Waals surface area contributed by atoms with Gasteiger partial charge < -0.3 is 15.8 Å². The number of aromatic nitrogens is 1. The number of nitrogens with zero attached hydrogens (tertiary/aromatic N) is 1. The number of hydrogen-bond donors (Lipinski definition) is 2. The van der Waals surface area contributed by atoms with E-state index in [0.29, 0.717) is 26.3 Å². The summed E-state index contributed by atoms with van der Waals surface area (Å²) in [5.74, 6) is 0.712. The van der Waals surface area contributed by atoms with Crippen molar-refractivity contribution in [1.29, 1.82) is 0 Å². The molecule has 0 fully saturated rings. The molecule has 0 saturated carbocycles. The van der Waals surface area contributed by atoms with Gasteiger partial charge in [0.1, 0.15) is 16.4 Å². The van der Waals surface area contributed by atoms with Crippen LogP contribution in [0.2, 0.25) is 5.02 Å². The number of carbonyl (C=O) groups is 1. The quantitative estimate of drug-likeness (QED) is 0.662. The van der Waals surface area contributed by atoms with Gasteiger partial charge in [-0.3, -0.25) is 4.79 Å². The summed E-state index contributed by atoms with van der Waals surface area (Å²) in [6.45, 7) is 0. The van der Waals surface area contributed by atoms with Crippen molar-refractivity contribution in [3.8, 4) is 5.75 Å². The van der Waals surface area contributed by atoms with Crippen molar-refractivity contribution in [2.24, 2.45) is 0 Å². The number of nitrogen functional groups attached to an aromatic ring is 1. The van der Waals surface area contributed by atoms with Crippen molar-refractivity contribution >= 4 is 45.4 Å². The Hall–Kier alpha value is -2.57. The summed E-state index contributed by atoms with van der Waals surface area (Å²) < 4.78 is 5.09. The molecular weight excluding hydrogens is 346 g/mol. The van der Waals surface area contributed by atoms with E-state index in [9.17, 15) is 4.79 Å². The number of halogens is 1. The van der Waals surface area contributed by atoms with Crippen LogP contribution >= 0.6 is 22.9 Å². The monoisotopic (exact) mass is 359 g/mol. The normalized spacial score (nSPS) is 10.4. The summed E-state index contributed by atoms with van der Waals surface area (Å²) in [5.41, 5.74) is 7.21. The van der Waals surface area contributed by atoms with Crippen LogP contribution in [0.25, 0.3) is 0 Å². The summed E-state index contributed by atoms with van der Waals surface area (Å²) in [5, 5.41) is 4.25. The van der Waals surface area contributed by atoms with Gasteiger partial charge in [0.25, 0.3) is 0 Å². The zero-order valence-corrected chi connectivity index (χ0v) is 14.3. The lowest BCUT2D eigenvalue weighted by atomic mass is 10.1. The number of carbonyl (C=O) groups excluding carboxylic acids is 1. The van der Waals surface area contributed by atoms with Gasteiger partial charge in [0.2, 0.25) is 5.78 Å². The molecule has 0 radical (unpaired) electrons. The van der Waals surface area contributed by atoms with Crippen molar-refractivity contribution in [3.63, 3.8) is 0 Å². The molecule has 1 heterocycles. The second-order valence-corrected chi connectivity index (χ2v) is 6.36. The molecule has 0 aliphatic rings.